The smallest absolute Gasteiger partial charge is 0.122 e. The molecule has 4 aromatic heterocycles. The largest absolute Gasteiger partial charge is 0.581 e. The zero-order valence-electron chi connectivity index (χ0n) is 79.4. The van der Waals surface area contributed by atoms with Crippen molar-refractivity contribution in [3.05, 3.63) is 391 Å². The SMILES string of the molecule is CN1[CH-]N(C2(c3[c-]c(C4(c5cc[n-]n5)c5ccc(C(C)(C)C)cc5-c5cc(C(C)(C)C)ccc54)ccc3)c3ccc(C(C)(C)C)cc3-c3cc(C(C)(C)C)ccc32)c2ncccc21.CN1[CH-]N(C2(c3[c-]c(C4(c5cc[n-]n5)c5ccc(C(C)(C)C)cc5-c5cc(C(C)(C)C)ccc54)ccc3)c3ccc(C(C)(C)C)cc3-c3cc(C(C)(C)C)ccc32)c2ncccc21.[Pt].[Pt]. The van der Waals surface area contributed by atoms with Gasteiger partial charge >= 0.3 is 0 Å². The predicted molar refractivity (Wildman–Crippen MR) is 519 cm³/mol. The second-order valence-electron chi connectivity index (χ2n) is 44.7. The van der Waals surface area contributed by atoms with E-state index in [0.717, 1.165) is 56.7 Å². The van der Waals surface area contributed by atoms with Crippen LogP contribution in [0.15, 0.2) is 243 Å². The molecule has 14 aromatic rings. The zero-order valence-corrected chi connectivity index (χ0v) is 83.9. The van der Waals surface area contributed by atoms with Crippen LogP contribution in [0.2, 0.25) is 0 Å². The summed E-state index contributed by atoms with van der Waals surface area (Å²) in [5.74, 6) is 1.82. The van der Waals surface area contributed by atoms with Crippen molar-refractivity contribution >= 4 is 23.0 Å². The standard InChI is InChI=1S/2C58H60N5.2Pt/c2*1-53(2,3)36-19-23-46-42(31-36)43-32-37(54(4,5)6)20-24-47(43)57(46,51-27-29-60-61-51)40-16-14-17-41(30-40)58(63-35-62(13)50-18-15-28-59-52(50)63)48-25-21-38(55(7,8)9)33-44(48)45-34-39(56(10,11)12)22-26-49(45)58;;/h2*14-29,31-35H,1-13H3;;/q2*-3;;. The molecule has 2 aliphatic heterocycles. The molecule has 10 aromatic carbocycles. The Morgan fingerprint density at radius 2 is 0.500 bits per heavy atom. The quantitative estimate of drug-likeness (QED) is 0.137. The van der Waals surface area contributed by atoms with Crippen molar-refractivity contribution in [1.82, 2.24) is 30.4 Å². The fourth-order valence-corrected chi connectivity index (χ4v) is 21.2. The van der Waals surface area contributed by atoms with Gasteiger partial charge in [0.25, 0.3) is 0 Å². The number of rotatable bonds is 8. The maximum Gasteiger partial charge on any atom is 0.122 e. The van der Waals surface area contributed by atoms with Crippen LogP contribution in [0.5, 0.6) is 0 Å². The summed E-state index contributed by atoms with van der Waals surface area (Å²) in [5.41, 5.74) is 34.6. The Bertz CT molecular complexity index is 6050. The molecular weight excluding hydrogens is 1920 g/mol. The summed E-state index contributed by atoms with van der Waals surface area (Å²) in [7, 11) is 4.26. The Labute approximate surface area is 790 Å². The molecule has 10 nitrogen and oxygen atoms in total. The molecule has 0 fully saturated rings. The molecule has 0 saturated carbocycles. The molecule has 0 unspecified atom stereocenters. The second-order valence-corrected chi connectivity index (χ2v) is 44.7. The Morgan fingerprint density at radius 3 is 0.727 bits per heavy atom. The van der Waals surface area contributed by atoms with Crippen molar-refractivity contribution in [2.45, 2.75) is 231 Å². The van der Waals surface area contributed by atoms with Gasteiger partial charge in [-0.2, -0.15) is 74.3 Å². The van der Waals surface area contributed by atoms with Gasteiger partial charge in [0.05, 0.1) is 21.9 Å². The number of hydrogen-bond donors (Lipinski definition) is 0. The van der Waals surface area contributed by atoms with E-state index in [1.807, 2.05) is 36.9 Å². The fraction of sp³-hybridized carbons (Fsp3) is 0.328. The predicted octanol–water partition coefficient (Wildman–Crippen LogP) is 26.3. The number of aromatic nitrogens is 6. The van der Waals surface area contributed by atoms with Crippen LogP contribution in [0.4, 0.5) is 23.0 Å². The van der Waals surface area contributed by atoms with Gasteiger partial charge in [-0.25, -0.2) is 9.97 Å². The first-order valence-corrected chi connectivity index (χ1v) is 45.1. The van der Waals surface area contributed by atoms with Gasteiger partial charge < -0.3 is 40.0 Å². The van der Waals surface area contributed by atoms with Gasteiger partial charge in [0.2, 0.25) is 0 Å². The van der Waals surface area contributed by atoms with Crippen molar-refractivity contribution in [2.75, 3.05) is 33.7 Å². The topological polar surface area (TPSA) is 92.7 Å². The van der Waals surface area contributed by atoms with Gasteiger partial charge in [-0.3, -0.25) is 0 Å². The minimum Gasteiger partial charge on any atom is -0.581 e. The third-order valence-corrected chi connectivity index (χ3v) is 28.3. The Balaban J connectivity index is 0.000000177. The molecule has 660 valence electrons. The summed E-state index contributed by atoms with van der Waals surface area (Å²) in [4.78, 5) is 19.6. The number of fused-ring (bicyclic) bond motifs is 14. The van der Waals surface area contributed by atoms with Gasteiger partial charge in [-0.15, -0.1) is 22.3 Å². The first-order chi connectivity index (χ1) is 59.3. The van der Waals surface area contributed by atoms with Crippen molar-refractivity contribution in [2.24, 2.45) is 0 Å². The molecule has 128 heavy (non-hydrogen) atoms. The van der Waals surface area contributed by atoms with E-state index in [-0.39, 0.29) is 85.5 Å². The van der Waals surface area contributed by atoms with E-state index in [4.69, 9.17) is 20.2 Å². The number of pyridine rings is 2. The van der Waals surface area contributed by atoms with E-state index in [1.54, 1.807) is 0 Å². The minimum absolute atomic E-state index is 0. The van der Waals surface area contributed by atoms with Crippen LogP contribution >= 0.6 is 0 Å². The van der Waals surface area contributed by atoms with Crippen LogP contribution in [-0.4, -0.2) is 34.3 Å². The van der Waals surface area contributed by atoms with E-state index < -0.39 is 21.9 Å². The van der Waals surface area contributed by atoms with E-state index in [1.165, 1.54) is 134 Å². The monoisotopic (exact) mass is 2040 g/mol. The molecular formula is C116H120N10Pt2-6. The molecule has 20 rings (SSSR count). The van der Waals surface area contributed by atoms with E-state index in [2.05, 4.69) is 442 Å². The number of nitrogens with zero attached hydrogens (tertiary/aromatic N) is 10. The average molecular weight is 2040 g/mol. The Morgan fingerprint density at radius 1 is 0.273 bits per heavy atom. The first kappa shape index (κ1) is 89.5. The van der Waals surface area contributed by atoms with E-state index in [0.29, 0.717) is 0 Å². The van der Waals surface area contributed by atoms with Crippen molar-refractivity contribution in [3.8, 4) is 44.5 Å². The molecule has 0 N–H and O–H groups in total. The molecule has 0 amide bonds. The normalized spacial score (nSPS) is 15.9. The molecule has 0 spiro atoms. The molecule has 6 aliphatic rings. The fourth-order valence-electron chi connectivity index (χ4n) is 21.2. The van der Waals surface area contributed by atoms with Gasteiger partial charge in [-0.05, 0) is 215 Å². The van der Waals surface area contributed by atoms with Crippen LogP contribution in [0, 0.1) is 25.5 Å². The summed E-state index contributed by atoms with van der Waals surface area (Å²) in [6.07, 6.45) is 7.52. The molecule has 12 heteroatoms. The molecule has 0 atom stereocenters. The van der Waals surface area contributed by atoms with Crippen LogP contribution in [0.25, 0.3) is 44.5 Å². The van der Waals surface area contributed by atoms with Crippen LogP contribution in [0.3, 0.4) is 0 Å². The van der Waals surface area contributed by atoms with Gasteiger partial charge in [-0.1, -0.05) is 324 Å². The summed E-state index contributed by atoms with van der Waals surface area (Å²) < 4.78 is 0. The third-order valence-electron chi connectivity index (χ3n) is 28.3. The summed E-state index contributed by atoms with van der Waals surface area (Å²) >= 11 is 0. The van der Waals surface area contributed by atoms with Gasteiger partial charge in [0.15, 0.2) is 0 Å². The van der Waals surface area contributed by atoms with Crippen LogP contribution in [-0.2, 0) is 107 Å². The molecule has 0 saturated heterocycles. The maximum absolute atomic E-state index is 5.16. The second kappa shape index (κ2) is 30.6. The van der Waals surface area contributed by atoms with Crippen molar-refractivity contribution in [3.63, 3.8) is 0 Å². The molecule has 0 bridgehead atoms. The summed E-state index contributed by atoms with van der Waals surface area (Å²) in [6, 6.07) is 92.1. The maximum atomic E-state index is 5.16. The molecule has 4 aliphatic carbocycles. The van der Waals surface area contributed by atoms with Crippen molar-refractivity contribution in [1.29, 1.82) is 0 Å². The molecule has 0 radical (unpaired) electrons. The minimum atomic E-state index is -0.837. The van der Waals surface area contributed by atoms with E-state index in [9.17, 15) is 0 Å². The average Bonchev–Trinajstić information content (AvgIpc) is 1.52. The van der Waals surface area contributed by atoms with Crippen LogP contribution in [0.1, 0.15) is 289 Å². The van der Waals surface area contributed by atoms with E-state index >= 15 is 0 Å². The third kappa shape index (κ3) is 13.6. The summed E-state index contributed by atoms with van der Waals surface area (Å²) in [6.45, 7) is 59.8. The Hall–Kier alpha value is -10.5. The molecule has 6 heterocycles. The van der Waals surface area contributed by atoms with Gasteiger partial charge in [0, 0.05) is 77.3 Å². The van der Waals surface area contributed by atoms with Crippen molar-refractivity contribution < 1.29 is 42.1 Å². The number of benzene rings is 10. The number of hydrogen-bond acceptors (Lipinski definition) is 8. The summed E-state index contributed by atoms with van der Waals surface area (Å²) in [5, 5.41) is 19.0. The first-order valence-electron chi connectivity index (χ1n) is 45.1. The van der Waals surface area contributed by atoms with Gasteiger partial charge in [0.1, 0.15) is 11.6 Å². The van der Waals surface area contributed by atoms with Crippen LogP contribution < -0.4 is 29.8 Å². The Kier molecular flexibility index (Phi) is 21.4. The number of anilines is 4. The zero-order chi connectivity index (χ0) is 89.3.